The van der Waals surface area contributed by atoms with Crippen molar-refractivity contribution in [2.45, 2.75) is 26.8 Å². The third kappa shape index (κ3) is 6.80. The van der Waals surface area contributed by atoms with Gasteiger partial charge in [0.05, 0.1) is 20.3 Å². The molecule has 2 amide bonds. The van der Waals surface area contributed by atoms with Gasteiger partial charge < -0.3 is 25.0 Å². The lowest BCUT2D eigenvalue weighted by Crippen LogP contribution is -3.14. The molecule has 0 saturated heterocycles. The Labute approximate surface area is 172 Å². The third-order valence-electron chi connectivity index (χ3n) is 4.44. The molecule has 0 saturated carbocycles. The summed E-state index contributed by atoms with van der Waals surface area (Å²) in [6.45, 7) is 6.77. The Bertz CT molecular complexity index is 811. The molecule has 7 nitrogen and oxygen atoms in total. The van der Waals surface area contributed by atoms with Gasteiger partial charge in [-0.05, 0) is 45.0 Å². The Morgan fingerprint density at radius 1 is 0.931 bits per heavy atom. The highest BCUT2D eigenvalue weighted by atomic mass is 16.5. The Hall–Kier alpha value is -3.06. The van der Waals surface area contributed by atoms with Crippen LogP contribution < -0.4 is 25.0 Å². The quantitative estimate of drug-likeness (QED) is 0.570. The fourth-order valence-electron chi connectivity index (χ4n) is 2.74. The molecule has 2 aromatic carbocycles. The van der Waals surface area contributed by atoms with E-state index in [-0.39, 0.29) is 24.4 Å². The van der Waals surface area contributed by atoms with Crippen molar-refractivity contribution < 1.29 is 24.0 Å². The lowest BCUT2D eigenvalue weighted by molar-refractivity contribution is -0.885. The highest BCUT2D eigenvalue weighted by Gasteiger charge is 2.24. The number of anilines is 2. The molecule has 0 spiro atoms. The van der Waals surface area contributed by atoms with Gasteiger partial charge in [-0.2, -0.15) is 0 Å². The Balaban J connectivity index is 1.93. The summed E-state index contributed by atoms with van der Waals surface area (Å²) in [6.07, 6.45) is 0. The molecular formula is C22H30N3O4+. The fourth-order valence-corrected chi connectivity index (χ4v) is 2.74. The highest BCUT2D eigenvalue weighted by Crippen LogP contribution is 2.30. The molecule has 0 radical (unpaired) electrons. The maximum absolute atomic E-state index is 12.5. The van der Waals surface area contributed by atoms with Crippen LogP contribution in [-0.2, 0) is 9.59 Å². The standard InChI is InChI=1S/C22H29N3O4/c1-5-28-19-13-12-18(14-20(19)29-6-2)23-21(26)15-25(4)16(3)22(27)24-17-10-8-7-9-11-17/h7-14,16H,5-6,15H2,1-4H3,(H,23,26)(H,24,27)/p+1/t16-/m0/s1. The molecule has 7 heteroatoms. The smallest absolute Gasteiger partial charge is 0.282 e. The van der Waals surface area contributed by atoms with E-state index in [0.717, 1.165) is 10.6 Å². The number of ether oxygens (including phenoxy) is 2. The maximum Gasteiger partial charge on any atom is 0.282 e. The number of likely N-dealkylation sites (N-methyl/N-ethyl adjacent to an activating group) is 1. The van der Waals surface area contributed by atoms with E-state index >= 15 is 0 Å². The second-order valence-corrected chi connectivity index (χ2v) is 6.68. The van der Waals surface area contributed by atoms with Crippen molar-refractivity contribution in [2.75, 3.05) is 37.4 Å². The summed E-state index contributed by atoms with van der Waals surface area (Å²) in [7, 11) is 1.82. The molecule has 0 aromatic heterocycles. The summed E-state index contributed by atoms with van der Waals surface area (Å²) in [5.74, 6) is 0.902. The van der Waals surface area contributed by atoms with Crippen LogP contribution in [0.4, 0.5) is 11.4 Å². The summed E-state index contributed by atoms with van der Waals surface area (Å²) in [4.78, 5) is 25.7. The van der Waals surface area contributed by atoms with Gasteiger partial charge >= 0.3 is 0 Å². The predicted molar refractivity (Wildman–Crippen MR) is 114 cm³/mol. The van der Waals surface area contributed by atoms with E-state index in [4.69, 9.17) is 9.47 Å². The van der Waals surface area contributed by atoms with Gasteiger partial charge in [-0.3, -0.25) is 9.59 Å². The summed E-state index contributed by atoms with van der Waals surface area (Å²) < 4.78 is 11.1. The molecule has 0 aliphatic carbocycles. The van der Waals surface area contributed by atoms with Gasteiger partial charge in [0.15, 0.2) is 24.1 Å². The summed E-state index contributed by atoms with van der Waals surface area (Å²) >= 11 is 0. The molecular weight excluding hydrogens is 370 g/mol. The number of rotatable bonds is 10. The van der Waals surface area contributed by atoms with Crippen LogP contribution in [0.25, 0.3) is 0 Å². The van der Waals surface area contributed by atoms with E-state index in [1.165, 1.54) is 0 Å². The molecule has 2 atom stereocenters. The van der Waals surface area contributed by atoms with Crippen LogP contribution in [0.5, 0.6) is 11.5 Å². The van der Waals surface area contributed by atoms with Gasteiger partial charge in [-0.1, -0.05) is 18.2 Å². The Morgan fingerprint density at radius 3 is 2.24 bits per heavy atom. The summed E-state index contributed by atoms with van der Waals surface area (Å²) in [5, 5.41) is 5.72. The van der Waals surface area contributed by atoms with Crippen LogP contribution in [0.1, 0.15) is 20.8 Å². The minimum atomic E-state index is -0.389. The number of amides is 2. The van der Waals surface area contributed by atoms with Crippen molar-refractivity contribution in [3.05, 3.63) is 48.5 Å². The van der Waals surface area contributed by atoms with Gasteiger partial charge in [-0.15, -0.1) is 0 Å². The number of quaternary nitrogens is 1. The highest BCUT2D eigenvalue weighted by molar-refractivity contribution is 5.94. The number of benzene rings is 2. The average Bonchev–Trinajstić information content (AvgIpc) is 2.70. The van der Waals surface area contributed by atoms with E-state index in [0.29, 0.717) is 30.4 Å². The molecule has 2 aromatic rings. The van der Waals surface area contributed by atoms with Crippen molar-refractivity contribution in [1.82, 2.24) is 0 Å². The normalized spacial score (nSPS) is 12.6. The third-order valence-corrected chi connectivity index (χ3v) is 4.44. The van der Waals surface area contributed by atoms with Crippen molar-refractivity contribution in [1.29, 1.82) is 0 Å². The number of nitrogens with one attached hydrogen (secondary N) is 3. The molecule has 0 heterocycles. The largest absolute Gasteiger partial charge is 0.490 e. The van der Waals surface area contributed by atoms with E-state index in [9.17, 15) is 9.59 Å². The van der Waals surface area contributed by atoms with E-state index in [1.807, 2.05) is 51.2 Å². The van der Waals surface area contributed by atoms with Crippen molar-refractivity contribution in [3.63, 3.8) is 0 Å². The van der Waals surface area contributed by atoms with Gasteiger partial charge in [0.2, 0.25) is 0 Å². The molecule has 0 fully saturated rings. The zero-order valence-corrected chi connectivity index (χ0v) is 17.5. The number of carbonyl (C=O) groups is 2. The number of carbonyl (C=O) groups excluding carboxylic acids is 2. The second kappa shape index (κ2) is 11.1. The van der Waals surface area contributed by atoms with Crippen molar-refractivity contribution in [2.24, 2.45) is 0 Å². The minimum Gasteiger partial charge on any atom is -0.490 e. The molecule has 1 unspecified atom stereocenters. The van der Waals surface area contributed by atoms with Crippen LogP contribution in [0, 0.1) is 0 Å². The first-order chi connectivity index (χ1) is 13.9. The number of hydrogen-bond acceptors (Lipinski definition) is 4. The van der Waals surface area contributed by atoms with E-state index in [1.54, 1.807) is 25.1 Å². The van der Waals surface area contributed by atoms with Gasteiger partial charge in [-0.25, -0.2) is 0 Å². The summed E-state index contributed by atoms with van der Waals surface area (Å²) in [5.41, 5.74) is 1.36. The van der Waals surface area contributed by atoms with Gasteiger partial charge in [0.1, 0.15) is 0 Å². The van der Waals surface area contributed by atoms with Crippen LogP contribution >= 0.6 is 0 Å². The lowest BCUT2D eigenvalue weighted by atomic mass is 10.2. The van der Waals surface area contributed by atoms with E-state index < -0.39 is 0 Å². The molecule has 0 aliphatic rings. The number of hydrogen-bond donors (Lipinski definition) is 3. The predicted octanol–water partition coefficient (Wildman–Crippen LogP) is 1.96. The zero-order valence-electron chi connectivity index (χ0n) is 17.5. The topological polar surface area (TPSA) is 81.1 Å². The fraction of sp³-hybridized carbons (Fsp3) is 0.364. The minimum absolute atomic E-state index is 0.138. The number of para-hydroxylation sites is 1. The Morgan fingerprint density at radius 2 is 1.59 bits per heavy atom. The van der Waals surface area contributed by atoms with Crippen LogP contribution in [0.3, 0.4) is 0 Å². The first-order valence-electron chi connectivity index (χ1n) is 9.82. The van der Waals surface area contributed by atoms with Crippen LogP contribution in [0.15, 0.2) is 48.5 Å². The van der Waals surface area contributed by atoms with E-state index in [2.05, 4.69) is 10.6 Å². The SMILES string of the molecule is CCOc1ccc(NC(=O)C[NH+](C)[C@@H](C)C(=O)Nc2ccccc2)cc1OCC. The van der Waals surface area contributed by atoms with Gasteiger partial charge in [0.25, 0.3) is 11.8 Å². The van der Waals surface area contributed by atoms with Crippen LogP contribution in [-0.4, -0.2) is 44.7 Å². The van der Waals surface area contributed by atoms with Gasteiger partial charge in [0, 0.05) is 17.4 Å². The molecule has 3 N–H and O–H groups in total. The lowest BCUT2D eigenvalue weighted by Gasteiger charge is -2.21. The molecule has 156 valence electrons. The molecule has 29 heavy (non-hydrogen) atoms. The molecule has 0 bridgehead atoms. The van der Waals surface area contributed by atoms with Crippen LogP contribution in [0.2, 0.25) is 0 Å². The first kappa shape index (κ1) is 22.2. The molecule has 0 aliphatic heterocycles. The Kier molecular flexibility index (Phi) is 8.48. The van der Waals surface area contributed by atoms with Crippen molar-refractivity contribution in [3.8, 4) is 11.5 Å². The second-order valence-electron chi connectivity index (χ2n) is 6.68. The maximum atomic E-state index is 12.5. The average molecular weight is 400 g/mol. The summed E-state index contributed by atoms with van der Waals surface area (Å²) in [6, 6.07) is 14.2. The zero-order chi connectivity index (χ0) is 21.2. The molecule has 2 rings (SSSR count). The first-order valence-corrected chi connectivity index (χ1v) is 9.82. The monoisotopic (exact) mass is 400 g/mol. The van der Waals surface area contributed by atoms with Crippen molar-refractivity contribution >= 4 is 23.2 Å².